The first-order valence-electron chi connectivity index (χ1n) is 4.01. The minimum atomic E-state index is -1.12. The van der Waals surface area contributed by atoms with Crippen molar-refractivity contribution in [3.05, 3.63) is 34.2 Å². The number of hydrogen-bond donors (Lipinski definition) is 2. The highest BCUT2D eigenvalue weighted by Gasteiger charge is 2.08. The number of carboxylic acid groups (broad SMARTS) is 1. The highest BCUT2D eigenvalue weighted by molar-refractivity contribution is 5.92. The van der Waals surface area contributed by atoms with E-state index in [-0.39, 0.29) is 17.0 Å². The van der Waals surface area contributed by atoms with Gasteiger partial charge in [-0.05, 0) is 18.2 Å². The van der Waals surface area contributed by atoms with Gasteiger partial charge in [0.05, 0.1) is 16.5 Å². The van der Waals surface area contributed by atoms with Crippen molar-refractivity contribution in [3.63, 3.8) is 0 Å². The Morgan fingerprint density at radius 2 is 2.20 bits per heavy atom. The van der Waals surface area contributed by atoms with Crippen molar-refractivity contribution in [2.75, 3.05) is 5.73 Å². The van der Waals surface area contributed by atoms with Gasteiger partial charge in [-0.2, -0.15) is 4.98 Å². The van der Waals surface area contributed by atoms with Crippen molar-refractivity contribution in [3.8, 4) is 0 Å². The van der Waals surface area contributed by atoms with Crippen LogP contribution in [0.15, 0.2) is 27.4 Å². The van der Waals surface area contributed by atoms with E-state index < -0.39 is 11.6 Å². The molecule has 2 rings (SSSR count). The largest absolute Gasteiger partial charge is 0.478 e. The van der Waals surface area contributed by atoms with E-state index in [0.717, 1.165) is 0 Å². The Balaban J connectivity index is 2.83. The summed E-state index contributed by atoms with van der Waals surface area (Å²) in [6.07, 6.45) is 0. The van der Waals surface area contributed by atoms with E-state index >= 15 is 0 Å². The van der Waals surface area contributed by atoms with Crippen molar-refractivity contribution < 1.29 is 14.3 Å². The lowest BCUT2D eigenvalue weighted by molar-refractivity contribution is 0.0697. The van der Waals surface area contributed by atoms with Gasteiger partial charge in [-0.15, -0.1) is 0 Å². The first kappa shape index (κ1) is 9.20. The Labute approximate surface area is 83.0 Å². The quantitative estimate of drug-likeness (QED) is 0.702. The molecule has 0 radical (unpaired) electrons. The van der Waals surface area contributed by atoms with Crippen LogP contribution in [0.4, 0.5) is 6.01 Å². The van der Waals surface area contributed by atoms with Gasteiger partial charge in [0.25, 0.3) is 6.01 Å². The first-order chi connectivity index (χ1) is 7.08. The van der Waals surface area contributed by atoms with Crippen LogP contribution in [-0.2, 0) is 0 Å². The van der Waals surface area contributed by atoms with Crippen LogP contribution in [-0.4, -0.2) is 16.1 Å². The predicted octanol–water partition coefficient (Wildman–Crippen LogP) is 0.468. The molecule has 0 aliphatic heterocycles. The molecular weight excluding hydrogens is 200 g/mol. The average molecular weight is 206 g/mol. The van der Waals surface area contributed by atoms with Crippen molar-refractivity contribution in [1.29, 1.82) is 0 Å². The third kappa shape index (κ3) is 1.52. The number of hydrogen-bond acceptors (Lipinski definition) is 5. The number of nitrogens with zero attached hydrogens (tertiary/aromatic N) is 1. The van der Waals surface area contributed by atoms with Gasteiger partial charge >= 0.3 is 11.6 Å². The predicted molar refractivity (Wildman–Crippen MR) is 51.7 cm³/mol. The maximum atomic E-state index is 11.3. The maximum Gasteiger partial charge on any atom is 0.348 e. The summed E-state index contributed by atoms with van der Waals surface area (Å²) in [5.41, 5.74) is 4.85. The fourth-order valence-electron chi connectivity index (χ4n) is 1.22. The second kappa shape index (κ2) is 3.09. The lowest BCUT2D eigenvalue weighted by Crippen LogP contribution is -2.06. The number of benzene rings is 1. The van der Waals surface area contributed by atoms with Crippen LogP contribution in [0.25, 0.3) is 10.9 Å². The Bertz CT molecular complexity index is 603. The molecule has 0 saturated heterocycles. The lowest BCUT2D eigenvalue weighted by Gasteiger charge is -1.98. The number of rotatable bonds is 1. The number of nitrogens with two attached hydrogens (primary N) is 1. The molecular formula is C9H6N2O4. The number of aromatic carboxylic acids is 1. The molecule has 0 atom stereocenters. The zero-order chi connectivity index (χ0) is 11.0. The standard InChI is InChI=1S/C9H6N2O4/c10-9-11-6-2-1-4(7(12)13)3-5(6)8(14)15-9/h1-3H,(H2,10,11)(H,12,13). The summed E-state index contributed by atoms with van der Waals surface area (Å²) in [4.78, 5) is 25.7. The number of carboxylic acids is 1. The molecule has 0 unspecified atom stereocenters. The molecule has 6 nitrogen and oxygen atoms in total. The number of carbonyl (C=O) groups is 1. The lowest BCUT2D eigenvalue weighted by atomic mass is 10.1. The summed E-state index contributed by atoms with van der Waals surface area (Å²) >= 11 is 0. The Hall–Kier alpha value is -2.37. The second-order valence-electron chi connectivity index (χ2n) is 2.88. The van der Waals surface area contributed by atoms with Gasteiger partial charge in [-0.25, -0.2) is 9.59 Å². The van der Waals surface area contributed by atoms with Gasteiger partial charge in [-0.1, -0.05) is 0 Å². The molecule has 0 amide bonds. The second-order valence-corrected chi connectivity index (χ2v) is 2.88. The molecule has 2 aromatic rings. The molecule has 1 aromatic carbocycles. The third-order valence-electron chi connectivity index (χ3n) is 1.89. The Morgan fingerprint density at radius 3 is 2.87 bits per heavy atom. The molecule has 3 N–H and O–H groups in total. The molecule has 76 valence electrons. The fourth-order valence-corrected chi connectivity index (χ4v) is 1.22. The smallest absolute Gasteiger partial charge is 0.348 e. The molecule has 0 bridgehead atoms. The van der Waals surface area contributed by atoms with E-state index in [0.29, 0.717) is 5.52 Å². The van der Waals surface area contributed by atoms with Crippen LogP contribution in [0, 0.1) is 0 Å². The van der Waals surface area contributed by atoms with Gasteiger partial charge in [0.2, 0.25) is 0 Å². The zero-order valence-corrected chi connectivity index (χ0v) is 7.43. The SMILES string of the molecule is Nc1nc2ccc(C(=O)O)cc2c(=O)o1. The summed E-state index contributed by atoms with van der Waals surface area (Å²) < 4.78 is 4.54. The van der Waals surface area contributed by atoms with E-state index in [9.17, 15) is 9.59 Å². The van der Waals surface area contributed by atoms with Gasteiger partial charge in [0.1, 0.15) is 0 Å². The monoisotopic (exact) mass is 206 g/mol. The van der Waals surface area contributed by atoms with E-state index in [1.165, 1.54) is 18.2 Å². The molecule has 1 heterocycles. The Morgan fingerprint density at radius 1 is 1.47 bits per heavy atom. The van der Waals surface area contributed by atoms with Crippen molar-refractivity contribution in [1.82, 2.24) is 4.98 Å². The normalized spacial score (nSPS) is 10.4. The number of aromatic nitrogens is 1. The highest BCUT2D eigenvalue weighted by Crippen LogP contribution is 2.11. The van der Waals surface area contributed by atoms with E-state index in [2.05, 4.69) is 9.40 Å². The molecule has 0 aliphatic carbocycles. The summed E-state index contributed by atoms with van der Waals surface area (Å²) in [7, 11) is 0. The van der Waals surface area contributed by atoms with Gasteiger partial charge < -0.3 is 15.3 Å². The minimum Gasteiger partial charge on any atom is -0.478 e. The Kier molecular flexibility index (Phi) is 1.89. The number of nitrogen functional groups attached to an aromatic ring is 1. The van der Waals surface area contributed by atoms with Crippen LogP contribution >= 0.6 is 0 Å². The van der Waals surface area contributed by atoms with Crippen LogP contribution in [0.2, 0.25) is 0 Å². The van der Waals surface area contributed by atoms with E-state index in [1.54, 1.807) is 0 Å². The van der Waals surface area contributed by atoms with Crippen LogP contribution < -0.4 is 11.4 Å². The van der Waals surface area contributed by atoms with Crippen LogP contribution in [0.3, 0.4) is 0 Å². The fraction of sp³-hybridized carbons (Fsp3) is 0. The third-order valence-corrected chi connectivity index (χ3v) is 1.89. The van der Waals surface area contributed by atoms with Crippen LogP contribution in [0.5, 0.6) is 0 Å². The molecule has 15 heavy (non-hydrogen) atoms. The summed E-state index contributed by atoms with van der Waals surface area (Å²) in [6, 6.07) is 3.72. The zero-order valence-electron chi connectivity index (χ0n) is 7.43. The van der Waals surface area contributed by atoms with E-state index in [4.69, 9.17) is 10.8 Å². The van der Waals surface area contributed by atoms with Crippen molar-refractivity contribution >= 4 is 22.9 Å². The molecule has 0 aliphatic rings. The maximum absolute atomic E-state index is 11.3. The van der Waals surface area contributed by atoms with Crippen LogP contribution in [0.1, 0.15) is 10.4 Å². The molecule has 0 spiro atoms. The summed E-state index contributed by atoms with van der Waals surface area (Å²) in [5, 5.41) is 8.81. The van der Waals surface area contributed by atoms with Gasteiger partial charge in [0.15, 0.2) is 0 Å². The molecule has 0 saturated carbocycles. The molecule has 1 aromatic heterocycles. The highest BCUT2D eigenvalue weighted by atomic mass is 16.4. The van der Waals surface area contributed by atoms with Gasteiger partial charge in [-0.3, -0.25) is 0 Å². The molecule has 0 fully saturated rings. The number of anilines is 1. The summed E-state index contributed by atoms with van der Waals surface area (Å²) in [5.74, 6) is -1.12. The summed E-state index contributed by atoms with van der Waals surface area (Å²) in [6.45, 7) is 0. The van der Waals surface area contributed by atoms with E-state index in [1.807, 2.05) is 0 Å². The van der Waals surface area contributed by atoms with Gasteiger partial charge in [0, 0.05) is 0 Å². The van der Waals surface area contributed by atoms with Crippen molar-refractivity contribution in [2.45, 2.75) is 0 Å². The first-order valence-corrected chi connectivity index (χ1v) is 4.01. The molecule has 6 heteroatoms. The number of fused-ring (bicyclic) bond motifs is 1. The van der Waals surface area contributed by atoms with Crippen molar-refractivity contribution in [2.24, 2.45) is 0 Å². The topological polar surface area (TPSA) is 106 Å². The average Bonchev–Trinajstić information content (AvgIpc) is 2.16. The minimum absolute atomic E-state index is 0.00127.